The molecule has 0 amide bonds. The van der Waals surface area contributed by atoms with Crippen molar-refractivity contribution in [3.05, 3.63) is 30.1 Å². The van der Waals surface area contributed by atoms with E-state index in [2.05, 4.69) is 20.2 Å². The molecule has 2 rings (SSSR count). The second kappa shape index (κ2) is 6.56. The molecule has 6 heteroatoms. The van der Waals surface area contributed by atoms with Gasteiger partial charge in [0.15, 0.2) is 0 Å². The molecule has 0 aromatic heterocycles. The number of guanidine groups is 1. The van der Waals surface area contributed by atoms with Crippen LogP contribution in [0, 0.1) is 5.82 Å². The number of hydrazine groups is 1. The van der Waals surface area contributed by atoms with Gasteiger partial charge in [0, 0.05) is 37.9 Å². The van der Waals surface area contributed by atoms with E-state index in [1.54, 1.807) is 0 Å². The number of hydrogen-bond acceptors (Lipinski definition) is 3. The summed E-state index contributed by atoms with van der Waals surface area (Å²) < 4.78 is 12.9. The maximum Gasteiger partial charge on any atom is 0.208 e. The van der Waals surface area contributed by atoms with Gasteiger partial charge in [0.05, 0.1) is 0 Å². The standard InChI is InChI=1S/C14H22FN5/c1-11(2)17-14(18-16)20-9-7-19(8-10-20)13-5-3-12(15)4-6-13/h3-6,11H,7-10,16H2,1-2H3,(H,17,18). The Balaban J connectivity index is 1.96. The summed E-state index contributed by atoms with van der Waals surface area (Å²) in [5.74, 6) is 6.07. The van der Waals surface area contributed by atoms with Gasteiger partial charge in [-0.25, -0.2) is 15.2 Å². The van der Waals surface area contributed by atoms with E-state index in [9.17, 15) is 4.39 Å². The van der Waals surface area contributed by atoms with E-state index in [-0.39, 0.29) is 11.9 Å². The van der Waals surface area contributed by atoms with Crippen molar-refractivity contribution in [1.29, 1.82) is 0 Å². The Bertz CT molecular complexity index is 449. The lowest BCUT2D eigenvalue weighted by molar-refractivity contribution is 0.371. The van der Waals surface area contributed by atoms with Gasteiger partial charge in [-0.3, -0.25) is 5.43 Å². The molecule has 1 heterocycles. The van der Waals surface area contributed by atoms with Crippen LogP contribution in [-0.4, -0.2) is 43.1 Å². The number of halogens is 1. The third-order valence-corrected chi connectivity index (χ3v) is 3.28. The number of hydrogen-bond donors (Lipinski definition) is 2. The second-order valence-electron chi connectivity index (χ2n) is 5.14. The molecule has 1 aromatic carbocycles. The number of nitrogens with two attached hydrogens (primary N) is 1. The number of nitrogens with one attached hydrogen (secondary N) is 1. The molecule has 1 aromatic rings. The predicted molar refractivity (Wildman–Crippen MR) is 80.1 cm³/mol. The molecule has 110 valence electrons. The summed E-state index contributed by atoms with van der Waals surface area (Å²) in [6.45, 7) is 7.45. The first-order valence-electron chi connectivity index (χ1n) is 6.90. The predicted octanol–water partition coefficient (Wildman–Crippen LogP) is 1.18. The van der Waals surface area contributed by atoms with E-state index >= 15 is 0 Å². The van der Waals surface area contributed by atoms with E-state index in [1.165, 1.54) is 12.1 Å². The second-order valence-corrected chi connectivity index (χ2v) is 5.14. The molecular weight excluding hydrogens is 257 g/mol. The van der Waals surface area contributed by atoms with Crippen LogP contribution in [0.4, 0.5) is 10.1 Å². The van der Waals surface area contributed by atoms with Gasteiger partial charge in [-0.2, -0.15) is 0 Å². The highest BCUT2D eigenvalue weighted by molar-refractivity contribution is 5.79. The number of benzene rings is 1. The molecule has 5 nitrogen and oxygen atoms in total. The van der Waals surface area contributed by atoms with Crippen molar-refractivity contribution >= 4 is 11.6 Å². The van der Waals surface area contributed by atoms with Gasteiger partial charge in [0.1, 0.15) is 5.82 Å². The molecular formula is C14H22FN5. The Hall–Kier alpha value is -1.82. The summed E-state index contributed by atoms with van der Waals surface area (Å²) in [6, 6.07) is 6.82. The third-order valence-electron chi connectivity index (χ3n) is 3.28. The molecule has 0 radical (unpaired) electrons. The Morgan fingerprint density at radius 3 is 2.30 bits per heavy atom. The zero-order valence-electron chi connectivity index (χ0n) is 12.0. The number of rotatable bonds is 2. The first-order chi connectivity index (χ1) is 9.60. The summed E-state index contributed by atoms with van der Waals surface area (Å²) in [7, 11) is 0. The van der Waals surface area contributed by atoms with Crippen molar-refractivity contribution in [2.24, 2.45) is 10.8 Å². The number of aliphatic imine (C=N–C) groups is 1. The maximum absolute atomic E-state index is 12.9. The van der Waals surface area contributed by atoms with Gasteiger partial charge in [-0.05, 0) is 38.1 Å². The first kappa shape index (κ1) is 14.6. The number of piperazine rings is 1. The summed E-state index contributed by atoms with van der Waals surface area (Å²) in [5.41, 5.74) is 3.72. The molecule has 0 unspecified atom stereocenters. The van der Waals surface area contributed by atoms with Crippen LogP contribution in [0.25, 0.3) is 0 Å². The van der Waals surface area contributed by atoms with Crippen molar-refractivity contribution in [2.75, 3.05) is 31.1 Å². The Kier molecular flexibility index (Phi) is 4.79. The fourth-order valence-corrected chi connectivity index (χ4v) is 2.28. The minimum Gasteiger partial charge on any atom is -0.368 e. The minimum atomic E-state index is -0.203. The van der Waals surface area contributed by atoms with E-state index in [1.807, 2.05) is 26.0 Å². The lowest BCUT2D eigenvalue weighted by Crippen LogP contribution is -2.54. The SMILES string of the molecule is CC(C)N=C(NN)N1CCN(c2ccc(F)cc2)CC1. The average Bonchev–Trinajstić information content (AvgIpc) is 2.46. The molecule has 20 heavy (non-hydrogen) atoms. The summed E-state index contributed by atoms with van der Waals surface area (Å²) in [4.78, 5) is 8.84. The lowest BCUT2D eigenvalue weighted by Gasteiger charge is -2.37. The van der Waals surface area contributed by atoms with E-state index in [4.69, 9.17) is 5.84 Å². The maximum atomic E-state index is 12.9. The van der Waals surface area contributed by atoms with Crippen LogP contribution in [0.1, 0.15) is 13.8 Å². The Morgan fingerprint density at radius 2 is 1.80 bits per heavy atom. The van der Waals surface area contributed by atoms with Gasteiger partial charge < -0.3 is 9.80 Å². The molecule has 1 aliphatic rings. The van der Waals surface area contributed by atoms with Crippen molar-refractivity contribution < 1.29 is 4.39 Å². The van der Waals surface area contributed by atoms with Crippen LogP contribution >= 0.6 is 0 Å². The van der Waals surface area contributed by atoms with Crippen LogP contribution in [-0.2, 0) is 0 Å². The van der Waals surface area contributed by atoms with E-state index in [0.717, 1.165) is 37.8 Å². The molecule has 0 atom stereocenters. The van der Waals surface area contributed by atoms with Crippen LogP contribution < -0.4 is 16.2 Å². The smallest absolute Gasteiger partial charge is 0.208 e. The molecule has 0 saturated carbocycles. The summed E-state index contributed by atoms with van der Waals surface area (Å²) in [6.07, 6.45) is 0. The van der Waals surface area contributed by atoms with Crippen molar-refractivity contribution in [2.45, 2.75) is 19.9 Å². The van der Waals surface area contributed by atoms with Crippen LogP contribution in [0.3, 0.4) is 0 Å². The molecule has 1 saturated heterocycles. The zero-order chi connectivity index (χ0) is 14.5. The van der Waals surface area contributed by atoms with E-state index < -0.39 is 0 Å². The molecule has 1 fully saturated rings. The van der Waals surface area contributed by atoms with Crippen LogP contribution in [0.2, 0.25) is 0 Å². The van der Waals surface area contributed by atoms with Crippen molar-refractivity contribution in [3.63, 3.8) is 0 Å². The third kappa shape index (κ3) is 3.60. The highest BCUT2D eigenvalue weighted by Crippen LogP contribution is 2.16. The van der Waals surface area contributed by atoms with Gasteiger partial charge in [0.25, 0.3) is 0 Å². The minimum absolute atomic E-state index is 0.203. The van der Waals surface area contributed by atoms with Crippen LogP contribution in [0.5, 0.6) is 0 Å². The number of anilines is 1. The van der Waals surface area contributed by atoms with Gasteiger partial charge in [-0.1, -0.05) is 0 Å². The van der Waals surface area contributed by atoms with Crippen molar-refractivity contribution in [3.8, 4) is 0 Å². The fraction of sp³-hybridized carbons (Fsp3) is 0.500. The molecule has 0 aliphatic carbocycles. The van der Waals surface area contributed by atoms with Crippen molar-refractivity contribution in [1.82, 2.24) is 10.3 Å². The largest absolute Gasteiger partial charge is 0.368 e. The Morgan fingerprint density at radius 1 is 1.20 bits per heavy atom. The summed E-state index contributed by atoms with van der Waals surface area (Å²) >= 11 is 0. The highest BCUT2D eigenvalue weighted by Gasteiger charge is 2.19. The summed E-state index contributed by atoms with van der Waals surface area (Å²) in [5, 5.41) is 0. The molecule has 1 aliphatic heterocycles. The Labute approximate surface area is 119 Å². The molecule has 3 N–H and O–H groups in total. The van der Waals surface area contributed by atoms with Crippen LogP contribution in [0.15, 0.2) is 29.3 Å². The van der Waals surface area contributed by atoms with Gasteiger partial charge in [0.2, 0.25) is 5.96 Å². The number of nitrogens with zero attached hydrogens (tertiary/aromatic N) is 3. The van der Waals surface area contributed by atoms with Gasteiger partial charge in [-0.15, -0.1) is 0 Å². The molecule has 0 bridgehead atoms. The average molecular weight is 279 g/mol. The zero-order valence-corrected chi connectivity index (χ0v) is 12.0. The lowest BCUT2D eigenvalue weighted by atomic mass is 10.2. The fourth-order valence-electron chi connectivity index (χ4n) is 2.28. The van der Waals surface area contributed by atoms with Gasteiger partial charge >= 0.3 is 0 Å². The molecule has 0 spiro atoms. The topological polar surface area (TPSA) is 56.9 Å². The normalized spacial score (nSPS) is 16.8. The van der Waals surface area contributed by atoms with E-state index in [0.29, 0.717) is 0 Å². The highest BCUT2D eigenvalue weighted by atomic mass is 19.1. The monoisotopic (exact) mass is 279 g/mol. The first-order valence-corrected chi connectivity index (χ1v) is 6.90. The quantitative estimate of drug-likeness (QED) is 0.369.